The molecule has 0 amide bonds. The number of nitrogens with zero attached hydrogens (tertiary/aromatic N) is 3. The smallest absolute Gasteiger partial charge is 0.0596 e. The molecule has 110 valence electrons. The maximum atomic E-state index is 4.52. The third kappa shape index (κ3) is 4.96. The Kier molecular flexibility index (Phi) is 7.10. The van der Waals surface area contributed by atoms with Crippen LogP contribution in [0.1, 0.15) is 38.6 Å². The lowest BCUT2D eigenvalue weighted by Crippen LogP contribution is -2.34. The van der Waals surface area contributed by atoms with Gasteiger partial charge in [0.25, 0.3) is 0 Å². The Balaban J connectivity index is 2.56. The molecular formula is C15H30N4. The Hall–Kier alpha value is -0.870. The quantitative estimate of drug-likeness (QED) is 0.743. The first-order valence-corrected chi connectivity index (χ1v) is 7.57. The molecule has 0 fully saturated rings. The lowest BCUT2D eigenvalue weighted by molar-refractivity contribution is 0.282. The first-order valence-electron chi connectivity index (χ1n) is 7.57. The largest absolute Gasteiger partial charge is 0.317 e. The Labute approximate surface area is 118 Å². The molecule has 0 aromatic carbocycles. The SMILES string of the molecule is CCN(CC)CCC(Cc1cc(C)nn1CC)NC. The minimum absolute atomic E-state index is 0.530. The van der Waals surface area contributed by atoms with Gasteiger partial charge in [0.2, 0.25) is 0 Å². The maximum absolute atomic E-state index is 4.52. The summed E-state index contributed by atoms with van der Waals surface area (Å²) in [4.78, 5) is 2.48. The molecule has 0 saturated heterocycles. The number of likely N-dealkylation sites (N-methyl/N-ethyl adjacent to an activating group) is 1. The molecule has 1 N–H and O–H groups in total. The molecule has 1 unspecified atom stereocenters. The van der Waals surface area contributed by atoms with Crippen molar-refractivity contribution in [3.63, 3.8) is 0 Å². The van der Waals surface area contributed by atoms with E-state index in [1.807, 2.05) is 0 Å². The van der Waals surface area contributed by atoms with Gasteiger partial charge in [0.15, 0.2) is 0 Å². The van der Waals surface area contributed by atoms with Crippen LogP contribution in [0.15, 0.2) is 6.07 Å². The molecule has 1 heterocycles. The molecular weight excluding hydrogens is 236 g/mol. The molecule has 0 aliphatic rings. The van der Waals surface area contributed by atoms with Gasteiger partial charge in [-0.15, -0.1) is 0 Å². The standard InChI is InChI=1S/C15H30N4/c1-6-18(7-2)10-9-14(16-5)12-15-11-13(4)17-19(15)8-3/h11,14,16H,6-10,12H2,1-5H3. The van der Waals surface area contributed by atoms with Crippen molar-refractivity contribution >= 4 is 0 Å². The molecule has 0 radical (unpaired) electrons. The highest BCUT2D eigenvalue weighted by molar-refractivity contribution is 5.10. The summed E-state index contributed by atoms with van der Waals surface area (Å²) < 4.78 is 2.12. The topological polar surface area (TPSA) is 33.1 Å². The van der Waals surface area contributed by atoms with Crippen LogP contribution in [0.5, 0.6) is 0 Å². The summed E-state index contributed by atoms with van der Waals surface area (Å²) in [5, 5.41) is 7.97. The third-order valence-electron chi connectivity index (χ3n) is 3.84. The van der Waals surface area contributed by atoms with Crippen molar-refractivity contribution in [3.05, 3.63) is 17.5 Å². The number of aromatic nitrogens is 2. The van der Waals surface area contributed by atoms with Crippen LogP contribution < -0.4 is 5.32 Å². The van der Waals surface area contributed by atoms with Crippen molar-refractivity contribution in [1.82, 2.24) is 20.0 Å². The molecule has 0 bridgehead atoms. The molecule has 4 heteroatoms. The molecule has 0 spiro atoms. The molecule has 1 atom stereocenters. The monoisotopic (exact) mass is 266 g/mol. The average molecular weight is 266 g/mol. The number of nitrogens with one attached hydrogen (secondary N) is 1. The van der Waals surface area contributed by atoms with E-state index in [0.717, 1.165) is 38.3 Å². The van der Waals surface area contributed by atoms with Crippen LogP contribution in [-0.4, -0.2) is 47.4 Å². The normalized spacial score (nSPS) is 13.2. The van der Waals surface area contributed by atoms with E-state index in [9.17, 15) is 0 Å². The van der Waals surface area contributed by atoms with Crippen LogP contribution in [0, 0.1) is 6.92 Å². The highest BCUT2D eigenvalue weighted by Crippen LogP contribution is 2.09. The van der Waals surface area contributed by atoms with Crippen molar-refractivity contribution in [1.29, 1.82) is 0 Å². The van der Waals surface area contributed by atoms with E-state index >= 15 is 0 Å². The average Bonchev–Trinajstić information content (AvgIpc) is 2.78. The highest BCUT2D eigenvalue weighted by atomic mass is 15.3. The van der Waals surface area contributed by atoms with Crippen molar-refractivity contribution in [2.24, 2.45) is 0 Å². The van der Waals surface area contributed by atoms with E-state index in [2.05, 4.69) is 60.8 Å². The summed E-state index contributed by atoms with van der Waals surface area (Å²) in [6.07, 6.45) is 2.25. The fourth-order valence-corrected chi connectivity index (χ4v) is 2.52. The van der Waals surface area contributed by atoms with E-state index in [4.69, 9.17) is 0 Å². The summed E-state index contributed by atoms with van der Waals surface area (Å²) in [7, 11) is 2.06. The molecule has 1 aromatic rings. The Morgan fingerprint density at radius 1 is 1.32 bits per heavy atom. The van der Waals surface area contributed by atoms with Gasteiger partial charge in [-0.1, -0.05) is 13.8 Å². The fourth-order valence-electron chi connectivity index (χ4n) is 2.52. The maximum Gasteiger partial charge on any atom is 0.0596 e. The van der Waals surface area contributed by atoms with Gasteiger partial charge in [0, 0.05) is 24.7 Å². The minimum Gasteiger partial charge on any atom is -0.317 e. The zero-order chi connectivity index (χ0) is 14.3. The van der Waals surface area contributed by atoms with Gasteiger partial charge in [-0.2, -0.15) is 5.10 Å². The lowest BCUT2D eigenvalue weighted by atomic mass is 10.1. The van der Waals surface area contributed by atoms with Crippen LogP contribution in [0.4, 0.5) is 0 Å². The Bertz CT molecular complexity index is 355. The van der Waals surface area contributed by atoms with Gasteiger partial charge in [-0.25, -0.2) is 0 Å². The van der Waals surface area contributed by atoms with Gasteiger partial charge in [-0.3, -0.25) is 4.68 Å². The Morgan fingerprint density at radius 3 is 2.53 bits per heavy atom. The third-order valence-corrected chi connectivity index (χ3v) is 3.84. The first kappa shape index (κ1) is 16.2. The van der Waals surface area contributed by atoms with E-state index in [-0.39, 0.29) is 0 Å². The predicted octanol–water partition coefficient (Wildman–Crippen LogP) is 2.07. The van der Waals surface area contributed by atoms with Gasteiger partial charge in [0.05, 0.1) is 5.69 Å². The van der Waals surface area contributed by atoms with E-state index in [0.29, 0.717) is 6.04 Å². The van der Waals surface area contributed by atoms with Gasteiger partial charge in [-0.05, 0) is 53.0 Å². The lowest BCUT2D eigenvalue weighted by Gasteiger charge is -2.22. The fraction of sp³-hybridized carbons (Fsp3) is 0.800. The Morgan fingerprint density at radius 2 is 2.00 bits per heavy atom. The summed E-state index contributed by atoms with van der Waals surface area (Å²) in [6, 6.07) is 2.74. The summed E-state index contributed by atoms with van der Waals surface area (Å²) >= 11 is 0. The van der Waals surface area contributed by atoms with E-state index < -0.39 is 0 Å². The highest BCUT2D eigenvalue weighted by Gasteiger charge is 2.12. The summed E-state index contributed by atoms with van der Waals surface area (Å²) in [5.74, 6) is 0. The zero-order valence-corrected chi connectivity index (χ0v) is 13.2. The van der Waals surface area contributed by atoms with E-state index in [1.54, 1.807) is 0 Å². The van der Waals surface area contributed by atoms with Crippen LogP contribution in [0.2, 0.25) is 0 Å². The molecule has 4 nitrogen and oxygen atoms in total. The van der Waals surface area contributed by atoms with Crippen LogP contribution in [-0.2, 0) is 13.0 Å². The predicted molar refractivity (Wildman–Crippen MR) is 81.6 cm³/mol. The van der Waals surface area contributed by atoms with Crippen molar-refractivity contribution in [2.75, 3.05) is 26.7 Å². The van der Waals surface area contributed by atoms with Gasteiger partial charge >= 0.3 is 0 Å². The summed E-state index contributed by atoms with van der Waals surface area (Å²) in [5.41, 5.74) is 2.47. The number of aryl methyl sites for hydroxylation is 2. The minimum atomic E-state index is 0.530. The van der Waals surface area contributed by atoms with Gasteiger partial charge < -0.3 is 10.2 Å². The number of hydrogen-bond acceptors (Lipinski definition) is 3. The molecule has 0 saturated carbocycles. The van der Waals surface area contributed by atoms with Crippen LogP contribution in [0.3, 0.4) is 0 Å². The van der Waals surface area contributed by atoms with Crippen molar-refractivity contribution < 1.29 is 0 Å². The van der Waals surface area contributed by atoms with Crippen LogP contribution >= 0.6 is 0 Å². The molecule has 19 heavy (non-hydrogen) atoms. The number of hydrogen-bond donors (Lipinski definition) is 1. The molecule has 1 rings (SSSR count). The van der Waals surface area contributed by atoms with Gasteiger partial charge in [0.1, 0.15) is 0 Å². The second-order valence-electron chi connectivity index (χ2n) is 5.10. The zero-order valence-electron chi connectivity index (χ0n) is 13.2. The van der Waals surface area contributed by atoms with Crippen molar-refractivity contribution in [2.45, 2.75) is 53.1 Å². The number of rotatable bonds is 9. The second kappa shape index (κ2) is 8.33. The second-order valence-corrected chi connectivity index (χ2v) is 5.10. The van der Waals surface area contributed by atoms with Crippen LogP contribution in [0.25, 0.3) is 0 Å². The molecule has 0 aliphatic heterocycles. The molecule has 0 aliphatic carbocycles. The first-order chi connectivity index (χ1) is 9.14. The summed E-state index contributed by atoms with van der Waals surface area (Å²) in [6.45, 7) is 13.1. The van der Waals surface area contributed by atoms with Crippen molar-refractivity contribution in [3.8, 4) is 0 Å². The van der Waals surface area contributed by atoms with E-state index in [1.165, 1.54) is 12.1 Å². The molecule has 1 aromatic heterocycles.